The van der Waals surface area contributed by atoms with Gasteiger partial charge in [0.25, 0.3) is 0 Å². The minimum atomic E-state index is -0.623. The third kappa shape index (κ3) is 2.61. The molecule has 1 aromatic heterocycles. The first-order valence-corrected chi connectivity index (χ1v) is 5.84. The van der Waals surface area contributed by atoms with Crippen molar-refractivity contribution in [1.29, 1.82) is 0 Å². The smallest absolute Gasteiger partial charge is 0.166 e. The van der Waals surface area contributed by atoms with Crippen LogP contribution in [0.25, 0.3) is 0 Å². The Morgan fingerprint density at radius 2 is 2.22 bits per heavy atom. The SMILES string of the molecule is CCc1nn(C)cc1CNc1ccc(O)c(F)c1. The fraction of sp³-hybridized carbons (Fsp3) is 0.308. The molecule has 2 rings (SSSR count). The lowest BCUT2D eigenvalue weighted by Gasteiger charge is -2.06. The zero-order valence-corrected chi connectivity index (χ0v) is 10.4. The number of aryl methyl sites for hydroxylation is 2. The number of rotatable bonds is 4. The van der Waals surface area contributed by atoms with E-state index in [0.29, 0.717) is 12.2 Å². The highest BCUT2D eigenvalue weighted by atomic mass is 19.1. The summed E-state index contributed by atoms with van der Waals surface area (Å²) < 4.78 is 14.9. The molecule has 96 valence electrons. The number of anilines is 1. The largest absolute Gasteiger partial charge is 0.505 e. The van der Waals surface area contributed by atoms with Crippen molar-refractivity contribution in [2.45, 2.75) is 19.9 Å². The van der Waals surface area contributed by atoms with E-state index in [2.05, 4.69) is 10.4 Å². The van der Waals surface area contributed by atoms with Crippen molar-refractivity contribution in [1.82, 2.24) is 9.78 Å². The molecular formula is C13H16FN3O. The second kappa shape index (κ2) is 5.08. The first-order chi connectivity index (χ1) is 8.60. The minimum Gasteiger partial charge on any atom is -0.505 e. The normalized spacial score (nSPS) is 10.6. The summed E-state index contributed by atoms with van der Waals surface area (Å²) in [5.41, 5.74) is 2.76. The average Bonchev–Trinajstić information content (AvgIpc) is 2.71. The van der Waals surface area contributed by atoms with Gasteiger partial charge in [0.15, 0.2) is 11.6 Å². The highest BCUT2D eigenvalue weighted by Crippen LogP contribution is 2.20. The van der Waals surface area contributed by atoms with Gasteiger partial charge in [0.1, 0.15) is 0 Å². The minimum absolute atomic E-state index is 0.337. The molecule has 0 radical (unpaired) electrons. The second-order valence-electron chi connectivity index (χ2n) is 4.15. The molecule has 4 nitrogen and oxygen atoms in total. The lowest BCUT2D eigenvalue weighted by molar-refractivity contribution is 0.432. The van der Waals surface area contributed by atoms with E-state index in [9.17, 15) is 4.39 Å². The second-order valence-corrected chi connectivity index (χ2v) is 4.15. The molecular weight excluding hydrogens is 233 g/mol. The molecule has 1 heterocycles. The number of nitrogens with zero attached hydrogens (tertiary/aromatic N) is 2. The van der Waals surface area contributed by atoms with Gasteiger partial charge >= 0.3 is 0 Å². The molecule has 0 spiro atoms. The molecule has 0 atom stereocenters. The van der Waals surface area contributed by atoms with Crippen LogP contribution in [0.2, 0.25) is 0 Å². The lowest BCUT2D eigenvalue weighted by atomic mass is 10.2. The van der Waals surface area contributed by atoms with Crippen LogP contribution in [-0.4, -0.2) is 14.9 Å². The molecule has 0 aliphatic carbocycles. The predicted molar refractivity (Wildman–Crippen MR) is 68.0 cm³/mol. The first-order valence-electron chi connectivity index (χ1n) is 5.84. The highest BCUT2D eigenvalue weighted by Gasteiger charge is 2.06. The summed E-state index contributed by atoms with van der Waals surface area (Å²) in [5.74, 6) is -0.960. The Kier molecular flexibility index (Phi) is 3.50. The van der Waals surface area contributed by atoms with Crippen molar-refractivity contribution in [2.75, 3.05) is 5.32 Å². The third-order valence-electron chi connectivity index (χ3n) is 2.76. The van der Waals surface area contributed by atoms with Gasteiger partial charge in [-0.05, 0) is 18.6 Å². The maximum absolute atomic E-state index is 13.1. The van der Waals surface area contributed by atoms with Crippen LogP contribution in [0.3, 0.4) is 0 Å². The summed E-state index contributed by atoms with van der Waals surface area (Å²) in [7, 11) is 1.88. The van der Waals surface area contributed by atoms with E-state index in [1.54, 1.807) is 10.7 Å². The molecule has 0 amide bonds. The third-order valence-corrected chi connectivity index (χ3v) is 2.76. The van der Waals surface area contributed by atoms with Crippen molar-refractivity contribution in [3.8, 4) is 5.75 Å². The maximum Gasteiger partial charge on any atom is 0.166 e. The average molecular weight is 249 g/mol. The summed E-state index contributed by atoms with van der Waals surface area (Å²) in [6.45, 7) is 2.63. The van der Waals surface area contributed by atoms with Crippen molar-refractivity contribution in [3.63, 3.8) is 0 Å². The van der Waals surface area contributed by atoms with Crippen molar-refractivity contribution >= 4 is 5.69 Å². The van der Waals surface area contributed by atoms with Crippen LogP contribution in [0, 0.1) is 5.82 Å². The zero-order valence-electron chi connectivity index (χ0n) is 10.4. The van der Waals surface area contributed by atoms with Crippen LogP contribution < -0.4 is 5.32 Å². The van der Waals surface area contributed by atoms with Crippen LogP contribution >= 0.6 is 0 Å². The standard InChI is InChI=1S/C13H16FN3O/c1-3-12-9(8-17(2)16-12)7-15-10-4-5-13(18)11(14)6-10/h4-6,8,15,18H,3,7H2,1-2H3. The molecule has 1 aromatic carbocycles. The van der Waals surface area contributed by atoms with E-state index >= 15 is 0 Å². The molecule has 0 aliphatic heterocycles. The highest BCUT2D eigenvalue weighted by molar-refractivity contribution is 5.47. The van der Waals surface area contributed by atoms with Gasteiger partial charge in [-0.25, -0.2) is 4.39 Å². The summed E-state index contributed by atoms with van der Waals surface area (Å²) in [5, 5.41) is 16.5. The van der Waals surface area contributed by atoms with Crippen LogP contribution in [-0.2, 0) is 20.0 Å². The van der Waals surface area contributed by atoms with E-state index in [0.717, 1.165) is 17.7 Å². The molecule has 0 unspecified atom stereocenters. The van der Waals surface area contributed by atoms with Gasteiger partial charge in [-0.15, -0.1) is 0 Å². The molecule has 0 bridgehead atoms. The maximum atomic E-state index is 13.1. The number of aromatic nitrogens is 2. The number of phenols is 1. The Morgan fingerprint density at radius 1 is 1.44 bits per heavy atom. The van der Waals surface area contributed by atoms with Crippen LogP contribution in [0.1, 0.15) is 18.2 Å². The monoisotopic (exact) mass is 249 g/mol. The number of hydrogen-bond donors (Lipinski definition) is 2. The summed E-state index contributed by atoms with van der Waals surface area (Å²) in [6.07, 6.45) is 2.81. The Morgan fingerprint density at radius 3 is 2.89 bits per heavy atom. The van der Waals surface area contributed by atoms with E-state index in [1.807, 2.05) is 20.2 Å². The number of phenolic OH excluding ortho intramolecular Hbond substituents is 1. The van der Waals surface area contributed by atoms with E-state index in [4.69, 9.17) is 5.11 Å². The van der Waals surface area contributed by atoms with Gasteiger partial charge in [-0.1, -0.05) is 6.92 Å². The van der Waals surface area contributed by atoms with E-state index < -0.39 is 5.82 Å². The molecule has 0 aliphatic rings. The summed E-state index contributed by atoms with van der Waals surface area (Å²) >= 11 is 0. The van der Waals surface area contributed by atoms with Crippen LogP contribution in [0.5, 0.6) is 5.75 Å². The summed E-state index contributed by atoms with van der Waals surface area (Å²) in [6, 6.07) is 4.25. The number of aromatic hydroxyl groups is 1. The van der Waals surface area contributed by atoms with Crippen molar-refractivity contribution in [2.24, 2.45) is 7.05 Å². The van der Waals surface area contributed by atoms with Crippen molar-refractivity contribution in [3.05, 3.63) is 41.5 Å². The molecule has 18 heavy (non-hydrogen) atoms. The van der Waals surface area contributed by atoms with Gasteiger partial charge in [0, 0.05) is 37.1 Å². The topological polar surface area (TPSA) is 50.1 Å². The molecule has 0 fully saturated rings. The molecule has 0 saturated carbocycles. The fourth-order valence-corrected chi connectivity index (χ4v) is 1.84. The van der Waals surface area contributed by atoms with E-state index in [1.165, 1.54) is 12.1 Å². The van der Waals surface area contributed by atoms with Gasteiger partial charge in [0.05, 0.1) is 5.69 Å². The predicted octanol–water partition coefficient (Wildman–Crippen LogP) is 2.44. The Hall–Kier alpha value is -2.04. The number of nitrogens with one attached hydrogen (secondary N) is 1. The first kappa shape index (κ1) is 12.4. The van der Waals surface area contributed by atoms with Gasteiger partial charge in [0.2, 0.25) is 0 Å². The summed E-state index contributed by atoms with van der Waals surface area (Å²) in [4.78, 5) is 0. The van der Waals surface area contributed by atoms with Gasteiger partial charge in [-0.2, -0.15) is 5.10 Å². The Labute approximate surface area is 105 Å². The van der Waals surface area contributed by atoms with Gasteiger partial charge in [-0.3, -0.25) is 4.68 Å². The van der Waals surface area contributed by atoms with Gasteiger partial charge < -0.3 is 10.4 Å². The lowest BCUT2D eigenvalue weighted by Crippen LogP contribution is -2.01. The van der Waals surface area contributed by atoms with Crippen LogP contribution in [0.15, 0.2) is 24.4 Å². The van der Waals surface area contributed by atoms with E-state index in [-0.39, 0.29) is 5.75 Å². The Balaban J connectivity index is 2.08. The number of benzene rings is 1. The fourth-order valence-electron chi connectivity index (χ4n) is 1.84. The molecule has 0 saturated heterocycles. The molecule has 2 N–H and O–H groups in total. The zero-order chi connectivity index (χ0) is 13.1. The molecule has 2 aromatic rings. The Bertz CT molecular complexity index is 551. The van der Waals surface area contributed by atoms with Crippen LogP contribution in [0.4, 0.5) is 10.1 Å². The number of halogens is 1. The number of hydrogen-bond acceptors (Lipinski definition) is 3. The quantitative estimate of drug-likeness (QED) is 0.818. The van der Waals surface area contributed by atoms with Crippen molar-refractivity contribution < 1.29 is 9.50 Å². The molecule has 5 heteroatoms.